The molecule has 0 radical (unpaired) electrons. The van der Waals surface area contributed by atoms with Crippen LogP contribution in [0.1, 0.15) is 42.9 Å². The van der Waals surface area contributed by atoms with Crippen molar-refractivity contribution >= 4 is 5.91 Å². The van der Waals surface area contributed by atoms with Crippen molar-refractivity contribution < 1.29 is 19.4 Å². The highest BCUT2D eigenvalue weighted by molar-refractivity contribution is 5.89. The third kappa shape index (κ3) is 3.47. The van der Waals surface area contributed by atoms with Gasteiger partial charge in [0.1, 0.15) is 17.6 Å². The van der Waals surface area contributed by atoms with Gasteiger partial charge >= 0.3 is 0 Å². The Balaban J connectivity index is 1.60. The average molecular weight is 381 g/mol. The largest absolute Gasteiger partial charge is 0.508 e. The van der Waals surface area contributed by atoms with Crippen LogP contribution in [0.5, 0.6) is 11.5 Å². The van der Waals surface area contributed by atoms with Gasteiger partial charge in [-0.25, -0.2) is 0 Å². The van der Waals surface area contributed by atoms with Crippen LogP contribution in [0.4, 0.5) is 0 Å². The topological polar surface area (TPSA) is 59.0 Å². The molecular formula is C23H27NO4. The minimum absolute atomic E-state index is 0.187. The van der Waals surface area contributed by atoms with Crippen LogP contribution in [0, 0.1) is 0 Å². The highest BCUT2D eigenvalue weighted by atomic mass is 16.5. The number of hydrogen-bond acceptors (Lipinski definition) is 4. The second kappa shape index (κ2) is 7.84. The van der Waals surface area contributed by atoms with Crippen molar-refractivity contribution in [3.05, 3.63) is 59.7 Å². The van der Waals surface area contributed by atoms with Crippen molar-refractivity contribution in [1.82, 2.24) is 4.90 Å². The van der Waals surface area contributed by atoms with E-state index in [1.807, 2.05) is 35.2 Å². The molecule has 148 valence electrons. The Morgan fingerprint density at radius 3 is 2.71 bits per heavy atom. The lowest BCUT2D eigenvalue weighted by Crippen LogP contribution is -2.50. The quantitative estimate of drug-likeness (QED) is 0.875. The molecule has 1 saturated carbocycles. The molecule has 4 rings (SSSR count). The third-order valence-electron chi connectivity index (χ3n) is 6.08. The normalized spacial score (nSPS) is 21.5. The zero-order chi connectivity index (χ0) is 19.6. The molecule has 1 N–H and O–H groups in total. The van der Waals surface area contributed by atoms with E-state index in [-0.39, 0.29) is 17.8 Å². The summed E-state index contributed by atoms with van der Waals surface area (Å²) in [5, 5.41) is 9.78. The first kappa shape index (κ1) is 18.8. The molecule has 1 atom stereocenters. The first-order valence-corrected chi connectivity index (χ1v) is 9.97. The van der Waals surface area contributed by atoms with Gasteiger partial charge in [0.25, 0.3) is 0 Å². The maximum Gasteiger partial charge on any atom is 0.233 e. The molecule has 2 fully saturated rings. The van der Waals surface area contributed by atoms with Gasteiger partial charge in [-0.1, -0.05) is 37.1 Å². The Kier molecular flexibility index (Phi) is 5.27. The molecule has 1 aliphatic heterocycles. The Morgan fingerprint density at radius 2 is 1.96 bits per heavy atom. The summed E-state index contributed by atoms with van der Waals surface area (Å²) in [6, 6.07) is 15.1. The Bertz CT molecular complexity index is 844. The van der Waals surface area contributed by atoms with Gasteiger partial charge in [0.05, 0.1) is 25.7 Å². The summed E-state index contributed by atoms with van der Waals surface area (Å²) < 4.78 is 11.3. The Morgan fingerprint density at radius 1 is 1.18 bits per heavy atom. The number of morpholine rings is 1. The molecular weight excluding hydrogens is 354 g/mol. The number of methoxy groups -OCH3 is 1. The number of hydrogen-bond donors (Lipinski definition) is 1. The van der Waals surface area contributed by atoms with E-state index in [9.17, 15) is 9.90 Å². The van der Waals surface area contributed by atoms with Gasteiger partial charge in [0, 0.05) is 6.54 Å². The summed E-state index contributed by atoms with van der Waals surface area (Å²) in [6.07, 6.45) is 3.64. The molecule has 0 bridgehead atoms. The smallest absolute Gasteiger partial charge is 0.233 e. The van der Waals surface area contributed by atoms with Crippen molar-refractivity contribution in [3.8, 4) is 11.5 Å². The number of amides is 1. The van der Waals surface area contributed by atoms with Gasteiger partial charge in [-0.15, -0.1) is 0 Å². The van der Waals surface area contributed by atoms with Gasteiger partial charge in [-0.05, 0) is 48.2 Å². The third-order valence-corrected chi connectivity index (χ3v) is 6.08. The molecule has 1 heterocycles. The molecule has 1 unspecified atom stereocenters. The first-order valence-electron chi connectivity index (χ1n) is 9.97. The second-order valence-corrected chi connectivity index (χ2v) is 7.73. The molecule has 5 heteroatoms. The van der Waals surface area contributed by atoms with E-state index in [4.69, 9.17) is 9.47 Å². The highest BCUT2D eigenvalue weighted by Crippen LogP contribution is 2.44. The minimum atomic E-state index is -0.477. The van der Waals surface area contributed by atoms with E-state index in [1.165, 1.54) is 0 Å². The van der Waals surface area contributed by atoms with Gasteiger partial charge < -0.3 is 19.5 Å². The van der Waals surface area contributed by atoms with Crippen LogP contribution >= 0.6 is 0 Å². The molecule has 1 aliphatic carbocycles. The molecule has 1 amide bonds. The van der Waals surface area contributed by atoms with E-state index in [0.717, 1.165) is 42.6 Å². The lowest BCUT2D eigenvalue weighted by atomic mass is 9.77. The number of rotatable bonds is 4. The molecule has 2 aromatic carbocycles. The van der Waals surface area contributed by atoms with Crippen LogP contribution in [-0.4, -0.2) is 42.7 Å². The zero-order valence-electron chi connectivity index (χ0n) is 16.3. The Hall–Kier alpha value is -2.53. The van der Waals surface area contributed by atoms with Gasteiger partial charge in [0.15, 0.2) is 0 Å². The molecule has 2 aromatic rings. The van der Waals surface area contributed by atoms with Crippen molar-refractivity contribution in [1.29, 1.82) is 0 Å². The van der Waals surface area contributed by atoms with Crippen molar-refractivity contribution in [2.45, 2.75) is 37.2 Å². The first-order chi connectivity index (χ1) is 13.6. The van der Waals surface area contributed by atoms with E-state index in [2.05, 4.69) is 6.07 Å². The summed E-state index contributed by atoms with van der Waals surface area (Å²) >= 11 is 0. The second-order valence-electron chi connectivity index (χ2n) is 7.73. The lowest BCUT2D eigenvalue weighted by molar-refractivity contribution is -0.145. The van der Waals surface area contributed by atoms with Crippen molar-refractivity contribution in [3.63, 3.8) is 0 Å². The molecule has 0 aromatic heterocycles. The van der Waals surface area contributed by atoms with Crippen LogP contribution in [0.3, 0.4) is 0 Å². The summed E-state index contributed by atoms with van der Waals surface area (Å²) in [5.74, 6) is 1.19. The summed E-state index contributed by atoms with van der Waals surface area (Å²) in [4.78, 5) is 15.7. The lowest BCUT2D eigenvalue weighted by Gasteiger charge is -2.39. The Labute approximate surface area is 165 Å². The van der Waals surface area contributed by atoms with Crippen molar-refractivity contribution in [2.75, 3.05) is 26.8 Å². The fraction of sp³-hybridized carbons (Fsp3) is 0.435. The highest BCUT2D eigenvalue weighted by Gasteiger charge is 2.46. The standard InChI is InChI=1S/C23H27NO4/c1-27-20-9-5-7-18(15-20)23(10-2-3-11-23)22(26)24-12-13-28-21(16-24)17-6-4-8-19(25)14-17/h4-9,14-15,21,25H,2-3,10-13,16H2,1H3. The summed E-state index contributed by atoms with van der Waals surface area (Å²) in [6.45, 7) is 1.61. The monoisotopic (exact) mass is 381 g/mol. The fourth-order valence-corrected chi connectivity index (χ4v) is 4.59. The van der Waals surface area contributed by atoms with Crippen LogP contribution < -0.4 is 4.74 Å². The molecule has 2 aliphatic rings. The van der Waals surface area contributed by atoms with Crippen LogP contribution in [0.25, 0.3) is 0 Å². The number of aromatic hydroxyl groups is 1. The van der Waals surface area contributed by atoms with Crippen LogP contribution in [-0.2, 0) is 14.9 Å². The van der Waals surface area contributed by atoms with Crippen molar-refractivity contribution in [2.24, 2.45) is 0 Å². The maximum atomic E-state index is 13.7. The number of benzene rings is 2. The van der Waals surface area contributed by atoms with Gasteiger partial charge in [0.2, 0.25) is 5.91 Å². The molecule has 1 saturated heterocycles. The summed E-state index contributed by atoms with van der Waals surface area (Å²) in [5.41, 5.74) is 1.48. The molecule has 28 heavy (non-hydrogen) atoms. The molecule has 5 nitrogen and oxygen atoms in total. The van der Waals surface area contributed by atoms with Crippen LogP contribution in [0.15, 0.2) is 48.5 Å². The SMILES string of the molecule is COc1cccc(C2(C(=O)N3CCOC(c4cccc(O)c4)C3)CCCC2)c1. The number of phenolic OH excluding ortho intramolecular Hbond substituents is 1. The number of carbonyl (C=O) groups is 1. The predicted molar refractivity (Wildman–Crippen MR) is 107 cm³/mol. The minimum Gasteiger partial charge on any atom is -0.508 e. The number of nitrogens with zero attached hydrogens (tertiary/aromatic N) is 1. The fourth-order valence-electron chi connectivity index (χ4n) is 4.59. The number of carbonyl (C=O) groups excluding carboxylic acids is 1. The van der Waals surface area contributed by atoms with E-state index in [1.54, 1.807) is 19.2 Å². The van der Waals surface area contributed by atoms with E-state index in [0.29, 0.717) is 19.7 Å². The number of ether oxygens (including phenoxy) is 2. The maximum absolute atomic E-state index is 13.7. The predicted octanol–water partition coefficient (Wildman–Crippen LogP) is 3.81. The zero-order valence-corrected chi connectivity index (χ0v) is 16.3. The van der Waals surface area contributed by atoms with Gasteiger partial charge in [-0.3, -0.25) is 4.79 Å². The van der Waals surface area contributed by atoms with Crippen LogP contribution in [0.2, 0.25) is 0 Å². The summed E-state index contributed by atoms with van der Waals surface area (Å²) in [7, 11) is 1.66. The van der Waals surface area contributed by atoms with E-state index < -0.39 is 5.41 Å². The van der Waals surface area contributed by atoms with Gasteiger partial charge in [-0.2, -0.15) is 0 Å². The molecule has 0 spiro atoms. The van der Waals surface area contributed by atoms with E-state index >= 15 is 0 Å². The number of phenols is 1. The average Bonchev–Trinajstić information content (AvgIpc) is 3.24.